The lowest BCUT2D eigenvalue weighted by Crippen LogP contribution is -2.50. The molecule has 136 valence electrons. The van der Waals surface area contributed by atoms with Crippen molar-refractivity contribution in [2.24, 2.45) is 0 Å². The van der Waals surface area contributed by atoms with Gasteiger partial charge < -0.3 is 15.0 Å². The van der Waals surface area contributed by atoms with Crippen LogP contribution in [0.25, 0.3) is 6.08 Å². The quantitative estimate of drug-likeness (QED) is 0.841. The molecule has 6 heteroatoms. The molecular formula is C20H22N2O3S. The molecule has 1 aromatic carbocycles. The zero-order valence-electron chi connectivity index (χ0n) is 14.8. The predicted octanol–water partition coefficient (Wildman–Crippen LogP) is 3.15. The van der Waals surface area contributed by atoms with E-state index in [0.717, 1.165) is 4.88 Å². The van der Waals surface area contributed by atoms with Crippen molar-refractivity contribution in [3.8, 4) is 0 Å². The molecule has 3 rings (SSSR count). The Labute approximate surface area is 157 Å². The Morgan fingerprint density at radius 3 is 2.42 bits per heavy atom. The normalized spacial score (nSPS) is 20.7. The van der Waals surface area contributed by atoms with Crippen LogP contribution in [-0.4, -0.2) is 42.0 Å². The highest BCUT2D eigenvalue weighted by Gasteiger charge is 2.28. The summed E-state index contributed by atoms with van der Waals surface area (Å²) >= 11 is 1.52. The van der Waals surface area contributed by atoms with Crippen LogP contribution in [0.5, 0.6) is 0 Å². The van der Waals surface area contributed by atoms with Gasteiger partial charge in [0.1, 0.15) is 5.70 Å². The summed E-state index contributed by atoms with van der Waals surface area (Å²) in [6, 6.07) is 12.7. The largest absolute Gasteiger partial charge is 0.372 e. The molecule has 1 aliphatic heterocycles. The van der Waals surface area contributed by atoms with E-state index in [1.54, 1.807) is 35.2 Å². The second kappa shape index (κ2) is 8.29. The highest BCUT2D eigenvalue weighted by atomic mass is 32.1. The molecular weight excluding hydrogens is 348 g/mol. The number of nitrogens with zero attached hydrogens (tertiary/aromatic N) is 1. The molecule has 1 N–H and O–H groups in total. The molecule has 1 saturated heterocycles. The molecule has 2 amide bonds. The van der Waals surface area contributed by atoms with Crippen molar-refractivity contribution in [1.82, 2.24) is 10.2 Å². The lowest BCUT2D eigenvalue weighted by molar-refractivity contribution is -0.139. The maximum atomic E-state index is 13.1. The standard InChI is InChI=1S/C20H22N2O3S/c1-14-12-22(13-15(2)25-14)20(24)18(11-17-9-6-10-26-17)21-19(23)16-7-4-3-5-8-16/h3-11,14-15H,12-13H2,1-2H3,(H,21,23). The van der Waals surface area contributed by atoms with Crippen molar-refractivity contribution >= 4 is 29.2 Å². The summed E-state index contributed by atoms with van der Waals surface area (Å²) < 4.78 is 5.70. The van der Waals surface area contributed by atoms with E-state index in [0.29, 0.717) is 18.7 Å². The highest BCUT2D eigenvalue weighted by Crippen LogP contribution is 2.17. The van der Waals surface area contributed by atoms with Crippen molar-refractivity contribution < 1.29 is 14.3 Å². The summed E-state index contributed by atoms with van der Waals surface area (Å²) in [6.07, 6.45) is 1.67. The summed E-state index contributed by atoms with van der Waals surface area (Å²) in [5.41, 5.74) is 0.795. The fourth-order valence-electron chi connectivity index (χ4n) is 2.97. The Morgan fingerprint density at radius 1 is 1.12 bits per heavy atom. The summed E-state index contributed by atoms with van der Waals surface area (Å²) in [5.74, 6) is -0.485. The summed E-state index contributed by atoms with van der Waals surface area (Å²) in [7, 11) is 0. The summed E-state index contributed by atoms with van der Waals surface area (Å²) in [6.45, 7) is 4.90. The third-order valence-corrected chi connectivity index (χ3v) is 4.87. The molecule has 0 spiro atoms. The topological polar surface area (TPSA) is 58.6 Å². The lowest BCUT2D eigenvalue weighted by Gasteiger charge is -2.35. The van der Waals surface area contributed by atoms with Gasteiger partial charge in [-0.1, -0.05) is 24.3 Å². The number of nitrogens with one attached hydrogen (secondary N) is 1. The van der Waals surface area contributed by atoms with Crippen LogP contribution in [-0.2, 0) is 9.53 Å². The van der Waals surface area contributed by atoms with Gasteiger partial charge in [0.25, 0.3) is 11.8 Å². The van der Waals surface area contributed by atoms with Crippen LogP contribution in [0.1, 0.15) is 29.1 Å². The molecule has 26 heavy (non-hydrogen) atoms. The first-order valence-electron chi connectivity index (χ1n) is 8.59. The molecule has 1 aliphatic rings. The van der Waals surface area contributed by atoms with Gasteiger partial charge in [0.15, 0.2) is 0 Å². The minimum absolute atomic E-state index is 0.0319. The van der Waals surface area contributed by atoms with Gasteiger partial charge in [0, 0.05) is 23.5 Å². The zero-order valence-corrected chi connectivity index (χ0v) is 15.7. The highest BCUT2D eigenvalue weighted by molar-refractivity contribution is 7.10. The van der Waals surface area contributed by atoms with E-state index in [1.807, 2.05) is 37.4 Å². The molecule has 2 unspecified atom stereocenters. The van der Waals surface area contributed by atoms with Gasteiger partial charge in [0.2, 0.25) is 0 Å². The van der Waals surface area contributed by atoms with Crippen molar-refractivity contribution in [3.05, 3.63) is 64.0 Å². The van der Waals surface area contributed by atoms with Gasteiger partial charge in [-0.15, -0.1) is 11.3 Å². The van der Waals surface area contributed by atoms with E-state index in [-0.39, 0.29) is 29.7 Å². The van der Waals surface area contributed by atoms with Crippen molar-refractivity contribution in [2.45, 2.75) is 26.1 Å². The third-order valence-electron chi connectivity index (χ3n) is 4.05. The number of benzene rings is 1. The number of hydrogen-bond donors (Lipinski definition) is 1. The minimum atomic E-state index is -0.295. The summed E-state index contributed by atoms with van der Waals surface area (Å²) in [5, 5.41) is 4.73. The molecule has 1 fully saturated rings. The number of morpholine rings is 1. The van der Waals surface area contributed by atoms with Crippen LogP contribution in [0.3, 0.4) is 0 Å². The van der Waals surface area contributed by atoms with E-state index in [9.17, 15) is 9.59 Å². The number of hydrogen-bond acceptors (Lipinski definition) is 4. The molecule has 2 heterocycles. The van der Waals surface area contributed by atoms with Crippen LogP contribution in [0.2, 0.25) is 0 Å². The Balaban J connectivity index is 1.84. The SMILES string of the molecule is CC1CN(C(=O)C(=Cc2cccs2)NC(=O)c2ccccc2)CC(C)O1. The molecule has 1 aromatic heterocycles. The molecule has 0 aliphatic carbocycles. The Bertz CT molecular complexity index is 777. The van der Waals surface area contributed by atoms with E-state index < -0.39 is 0 Å². The minimum Gasteiger partial charge on any atom is -0.372 e. The van der Waals surface area contributed by atoms with Crippen LogP contribution in [0.4, 0.5) is 0 Å². The number of carbonyl (C=O) groups excluding carboxylic acids is 2. The average Bonchev–Trinajstić information content (AvgIpc) is 3.13. The average molecular weight is 370 g/mol. The van der Waals surface area contributed by atoms with E-state index in [1.165, 1.54) is 11.3 Å². The molecule has 0 radical (unpaired) electrons. The third kappa shape index (κ3) is 4.59. The van der Waals surface area contributed by atoms with Gasteiger partial charge in [-0.25, -0.2) is 0 Å². The van der Waals surface area contributed by atoms with Gasteiger partial charge in [-0.05, 0) is 43.5 Å². The number of carbonyl (C=O) groups is 2. The molecule has 0 saturated carbocycles. The van der Waals surface area contributed by atoms with Crippen LogP contribution >= 0.6 is 11.3 Å². The maximum Gasteiger partial charge on any atom is 0.270 e. The number of amides is 2. The Morgan fingerprint density at radius 2 is 1.81 bits per heavy atom. The first-order valence-corrected chi connectivity index (χ1v) is 9.47. The molecule has 5 nitrogen and oxygen atoms in total. The first-order chi connectivity index (χ1) is 12.5. The van der Waals surface area contributed by atoms with Gasteiger partial charge in [-0.3, -0.25) is 9.59 Å². The van der Waals surface area contributed by atoms with Crippen LogP contribution in [0, 0.1) is 0 Å². The van der Waals surface area contributed by atoms with Gasteiger partial charge in [0.05, 0.1) is 12.2 Å². The van der Waals surface area contributed by atoms with Crippen molar-refractivity contribution in [2.75, 3.05) is 13.1 Å². The predicted molar refractivity (Wildman–Crippen MR) is 103 cm³/mol. The number of ether oxygens (including phenoxy) is 1. The van der Waals surface area contributed by atoms with E-state index >= 15 is 0 Å². The molecule has 2 atom stereocenters. The van der Waals surface area contributed by atoms with Gasteiger partial charge in [-0.2, -0.15) is 0 Å². The van der Waals surface area contributed by atoms with E-state index in [4.69, 9.17) is 4.74 Å². The van der Waals surface area contributed by atoms with Crippen molar-refractivity contribution in [3.63, 3.8) is 0 Å². The molecule has 2 aromatic rings. The van der Waals surface area contributed by atoms with Gasteiger partial charge >= 0.3 is 0 Å². The monoisotopic (exact) mass is 370 g/mol. The van der Waals surface area contributed by atoms with Crippen LogP contribution in [0.15, 0.2) is 53.5 Å². The van der Waals surface area contributed by atoms with Crippen LogP contribution < -0.4 is 5.32 Å². The second-order valence-electron chi connectivity index (χ2n) is 6.36. The molecule has 0 bridgehead atoms. The fourth-order valence-corrected chi connectivity index (χ4v) is 3.62. The maximum absolute atomic E-state index is 13.1. The second-order valence-corrected chi connectivity index (χ2v) is 7.34. The zero-order chi connectivity index (χ0) is 18.5. The number of rotatable bonds is 4. The lowest BCUT2D eigenvalue weighted by atomic mass is 10.2. The van der Waals surface area contributed by atoms with Crippen molar-refractivity contribution in [1.29, 1.82) is 0 Å². The fraction of sp³-hybridized carbons (Fsp3) is 0.300. The summed E-state index contributed by atoms with van der Waals surface area (Å²) in [4.78, 5) is 28.3. The van der Waals surface area contributed by atoms with E-state index in [2.05, 4.69) is 5.32 Å². The Kier molecular flexibility index (Phi) is 5.85. The Hall–Kier alpha value is -2.44. The smallest absolute Gasteiger partial charge is 0.270 e. The number of thiophene rings is 1. The first kappa shape index (κ1) is 18.4.